The molecule has 9 aromatic rings. The summed E-state index contributed by atoms with van der Waals surface area (Å²) in [5, 5.41) is 10.2. The van der Waals surface area contributed by atoms with Gasteiger partial charge in [-0.2, -0.15) is 0 Å². The van der Waals surface area contributed by atoms with Gasteiger partial charge in [-0.25, -0.2) is 15.0 Å². The van der Waals surface area contributed by atoms with Crippen molar-refractivity contribution >= 4 is 43.1 Å². The Morgan fingerprint density at radius 1 is 0.261 bits per heavy atom. The Kier molecular flexibility index (Phi) is 6.14. The van der Waals surface area contributed by atoms with E-state index >= 15 is 0 Å². The molecule has 0 unspecified atom stereocenters. The Morgan fingerprint density at radius 3 is 1.22 bits per heavy atom. The highest BCUT2D eigenvalue weighted by Crippen LogP contribution is 2.40. The zero-order valence-corrected chi connectivity index (χ0v) is 24.9. The fourth-order valence-electron chi connectivity index (χ4n) is 6.65. The molecule has 0 saturated carbocycles. The minimum Gasteiger partial charge on any atom is -0.208 e. The molecular formula is C43H27N3. The van der Waals surface area contributed by atoms with E-state index in [1.165, 1.54) is 48.7 Å². The van der Waals surface area contributed by atoms with Crippen molar-refractivity contribution in [1.82, 2.24) is 15.0 Å². The molecule has 0 amide bonds. The topological polar surface area (TPSA) is 38.7 Å². The molecule has 9 rings (SSSR count). The van der Waals surface area contributed by atoms with Crippen molar-refractivity contribution < 1.29 is 0 Å². The van der Waals surface area contributed by atoms with Gasteiger partial charge in [0.2, 0.25) is 0 Å². The molecule has 0 aliphatic carbocycles. The number of aromatic nitrogens is 3. The molecule has 0 aliphatic heterocycles. The molecule has 0 aliphatic rings. The number of rotatable bonds is 4. The predicted molar refractivity (Wildman–Crippen MR) is 192 cm³/mol. The summed E-state index contributed by atoms with van der Waals surface area (Å²) in [5.41, 5.74) is 5.19. The Balaban J connectivity index is 1.18. The van der Waals surface area contributed by atoms with Gasteiger partial charge in [-0.3, -0.25) is 0 Å². The van der Waals surface area contributed by atoms with Crippen molar-refractivity contribution in [1.29, 1.82) is 0 Å². The fraction of sp³-hybridized carbons (Fsp3) is 0. The van der Waals surface area contributed by atoms with E-state index in [2.05, 4.69) is 103 Å². The summed E-state index contributed by atoms with van der Waals surface area (Å²) in [6, 6.07) is 57.6. The van der Waals surface area contributed by atoms with Crippen LogP contribution in [0.1, 0.15) is 0 Å². The van der Waals surface area contributed by atoms with Crippen LogP contribution in [-0.2, 0) is 0 Å². The van der Waals surface area contributed by atoms with E-state index in [0.717, 1.165) is 22.3 Å². The average Bonchev–Trinajstić information content (AvgIpc) is 3.15. The van der Waals surface area contributed by atoms with Gasteiger partial charge in [0.1, 0.15) is 0 Å². The molecule has 0 radical (unpaired) electrons. The lowest BCUT2D eigenvalue weighted by Gasteiger charge is -2.14. The lowest BCUT2D eigenvalue weighted by molar-refractivity contribution is 1.07. The molecule has 0 N–H and O–H groups in total. The lowest BCUT2D eigenvalue weighted by Crippen LogP contribution is -2.00. The van der Waals surface area contributed by atoms with Crippen molar-refractivity contribution in [3.8, 4) is 45.3 Å². The quantitative estimate of drug-likeness (QED) is 0.193. The van der Waals surface area contributed by atoms with Gasteiger partial charge in [0.05, 0.1) is 0 Å². The van der Waals surface area contributed by atoms with Gasteiger partial charge in [-0.15, -0.1) is 0 Å². The number of hydrogen-bond acceptors (Lipinski definition) is 3. The van der Waals surface area contributed by atoms with E-state index in [-0.39, 0.29) is 0 Å². The monoisotopic (exact) mass is 585 g/mol. The summed E-state index contributed by atoms with van der Waals surface area (Å²) < 4.78 is 0. The Morgan fingerprint density at radius 2 is 0.652 bits per heavy atom. The molecule has 0 spiro atoms. The maximum atomic E-state index is 4.91. The molecule has 0 saturated heterocycles. The van der Waals surface area contributed by atoms with Gasteiger partial charge in [0, 0.05) is 16.7 Å². The largest absolute Gasteiger partial charge is 0.208 e. The highest BCUT2D eigenvalue weighted by atomic mass is 15.0. The standard InChI is InChI=1S/C43H27N3/c1-3-11-30(12-4-1)41-44-42(31-13-5-2-6-14-31)46-43(45-41)32-22-19-28(20-23-32)33-24-21-29-25-26-38-36-17-8-7-15-34(36)35-16-9-10-18-37(35)40(38)39(29)27-33/h1-27H. The van der Waals surface area contributed by atoms with Crippen molar-refractivity contribution in [3.05, 3.63) is 164 Å². The van der Waals surface area contributed by atoms with Crippen molar-refractivity contribution in [2.45, 2.75) is 0 Å². The van der Waals surface area contributed by atoms with Crippen LogP contribution in [0, 0.1) is 0 Å². The first-order valence-electron chi connectivity index (χ1n) is 15.5. The molecule has 3 nitrogen and oxygen atoms in total. The van der Waals surface area contributed by atoms with Gasteiger partial charge in [0.25, 0.3) is 0 Å². The summed E-state index contributed by atoms with van der Waals surface area (Å²) in [6.07, 6.45) is 0. The van der Waals surface area contributed by atoms with Crippen LogP contribution >= 0.6 is 0 Å². The van der Waals surface area contributed by atoms with Crippen LogP contribution in [0.4, 0.5) is 0 Å². The zero-order chi connectivity index (χ0) is 30.5. The minimum atomic E-state index is 0.655. The summed E-state index contributed by atoms with van der Waals surface area (Å²) in [5.74, 6) is 1.98. The maximum Gasteiger partial charge on any atom is 0.164 e. The second-order valence-corrected chi connectivity index (χ2v) is 11.6. The van der Waals surface area contributed by atoms with Crippen LogP contribution in [0.3, 0.4) is 0 Å². The van der Waals surface area contributed by atoms with Gasteiger partial charge >= 0.3 is 0 Å². The van der Waals surface area contributed by atoms with E-state index in [1.54, 1.807) is 0 Å². The highest BCUT2D eigenvalue weighted by Gasteiger charge is 2.14. The van der Waals surface area contributed by atoms with E-state index in [0.29, 0.717) is 17.5 Å². The Hall–Kier alpha value is -6.19. The average molecular weight is 586 g/mol. The van der Waals surface area contributed by atoms with Crippen LogP contribution < -0.4 is 0 Å². The molecule has 8 aromatic carbocycles. The second kappa shape index (κ2) is 10.8. The molecule has 0 bridgehead atoms. The molecule has 1 heterocycles. The number of benzene rings is 8. The van der Waals surface area contributed by atoms with E-state index in [1.807, 2.05) is 60.7 Å². The van der Waals surface area contributed by atoms with Gasteiger partial charge in [-0.1, -0.05) is 158 Å². The number of hydrogen-bond donors (Lipinski definition) is 0. The first-order chi connectivity index (χ1) is 22.8. The molecule has 214 valence electrons. The third-order valence-electron chi connectivity index (χ3n) is 8.90. The number of nitrogens with zero attached hydrogens (tertiary/aromatic N) is 3. The van der Waals surface area contributed by atoms with Crippen LogP contribution in [0.15, 0.2) is 164 Å². The van der Waals surface area contributed by atoms with Crippen molar-refractivity contribution in [2.75, 3.05) is 0 Å². The van der Waals surface area contributed by atoms with Crippen molar-refractivity contribution in [2.24, 2.45) is 0 Å². The zero-order valence-electron chi connectivity index (χ0n) is 24.9. The summed E-state index contributed by atoms with van der Waals surface area (Å²) >= 11 is 0. The van der Waals surface area contributed by atoms with Crippen LogP contribution in [0.5, 0.6) is 0 Å². The smallest absolute Gasteiger partial charge is 0.164 e. The minimum absolute atomic E-state index is 0.655. The van der Waals surface area contributed by atoms with Gasteiger partial charge < -0.3 is 0 Å². The Bertz CT molecular complexity index is 2460. The van der Waals surface area contributed by atoms with E-state index in [9.17, 15) is 0 Å². The molecule has 0 atom stereocenters. The van der Waals surface area contributed by atoms with Gasteiger partial charge in [0.15, 0.2) is 17.5 Å². The second-order valence-electron chi connectivity index (χ2n) is 11.6. The predicted octanol–water partition coefficient (Wildman–Crippen LogP) is 11.2. The third kappa shape index (κ3) is 4.41. The summed E-state index contributed by atoms with van der Waals surface area (Å²) in [6.45, 7) is 0. The maximum absolute atomic E-state index is 4.91. The van der Waals surface area contributed by atoms with E-state index < -0.39 is 0 Å². The lowest BCUT2D eigenvalue weighted by atomic mass is 9.90. The molecular weight excluding hydrogens is 558 g/mol. The first kappa shape index (κ1) is 26.2. The summed E-state index contributed by atoms with van der Waals surface area (Å²) in [7, 11) is 0. The molecule has 1 aromatic heterocycles. The number of fused-ring (bicyclic) bond motifs is 8. The van der Waals surface area contributed by atoms with Crippen molar-refractivity contribution in [3.63, 3.8) is 0 Å². The normalized spacial score (nSPS) is 11.5. The van der Waals surface area contributed by atoms with Crippen LogP contribution in [0.25, 0.3) is 88.4 Å². The summed E-state index contributed by atoms with van der Waals surface area (Å²) in [4.78, 5) is 14.7. The first-order valence-corrected chi connectivity index (χ1v) is 15.5. The molecule has 3 heteroatoms. The fourth-order valence-corrected chi connectivity index (χ4v) is 6.65. The molecule has 0 fully saturated rings. The van der Waals surface area contributed by atoms with Crippen LogP contribution in [-0.4, -0.2) is 15.0 Å². The Labute approximate surface area is 266 Å². The molecule has 46 heavy (non-hydrogen) atoms. The SMILES string of the molecule is c1ccc(-c2nc(-c3ccccc3)nc(-c3ccc(-c4ccc5ccc6c7ccccc7c7ccccc7c6c5c4)cc3)n2)cc1. The third-order valence-corrected chi connectivity index (χ3v) is 8.90. The van der Waals surface area contributed by atoms with Gasteiger partial charge in [-0.05, 0) is 60.3 Å². The highest BCUT2D eigenvalue weighted by molar-refractivity contribution is 6.31. The van der Waals surface area contributed by atoms with Crippen LogP contribution in [0.2, 0.25) is 0 Å². The van der Waals surface area contributed by atoms with E-state index in [4.69, 9.17) is 15.0 Å².